The molecule has 1 aliphatic heterocycles. The Morgan fingerprint density at radius 3 is 2.67 bits per heavy atom. The summed E-state index contributed by atoms with van der Waals surface area (Å²) in [6.45, 7) is 0.571. The zero-order valence-corrected chi connectivity index (χ0v) is 11.7. The summed E-state index contributed by atoms with van der Waals surface area (Å²) in [5.41, 5.74) is 7.96. The lowest BCUT2D eigenvalue weighted by Crippen LogP contribution is -2.36. The Labute approximate surface area is 123 Å². The average Bonchev–Trinajstić information content (AvgIpc) is 2.89. The first-order valence-electron chi connectivity index (χ1n) is 6.71. The monoisotopic (exact) mass is 283 g/mol. The van der Waals surface area contributed by atoms with Crippen LogP contribution >= 0.6 is 0 Å². The van der Waals surface area contributed by atoms with Gasteiger partial charge in [0.25, 0.3) is 0 Å². The molecular weight excluding hydrogens is 266 g/mol. The highest BCUT2D eigenvalue weighted by molar-refractivity contribution is 5.97. The maximum atomic E-state index is 9.66. The first-order chi connectivity index (χ1) is 10.2. The van der Waals surface area contributed by atoms with Gasteiger partial charge >= 0.3 is 0 Å². The molecule has 2 aromatic carbocycles. The largest absolute Gasteiger partial charge is 0.508 e. The molecule has 1 unspecified atom stereocenters. The number of methoxy groups -OCH3 is 1. The van der Waals surface area contributed by atoms with Crippen molar-refractivity contribution in [3.8, 4) is 11.5 Å². The number of phenolic OH excluding ortho intramolecular Hbond substituents is 1. The van der Waals surface area contributed by atoms with E-state index in [0.29, 0.717) is 12.5 Å². The third kappa shape index (κ3) is 2.50. The Kier molecular flexibility index (Phi) is 3.39. The normalized spacial score (nSPS) is 17.7. The van der Waals surface area contributed by atoms with Crippen LogP contribution in [0.2, 0.25) is 0 Å². The van der Waals surface area contributed by atoms with Gasteiger partial charge in [-0.1, -0.05) is 12.1 Å². The number of aromatic hydroxyl groups is 1. The number of benzene rings is 2. The maximum absolute atomic E-state index is 9.66. The van der Waals surface area contributed by atoms with Crippen molar-refractivity contribution < 1.29 is 9.84 Å². The molecule has 1 heterocycles. The van der Waals surface area contributed by atoms with E-state index in [2.05, 4.69) is 4.99 Å². The molecule has 21 heavy (non-hydrogen) atoms. The summed E-state index contributed by atoms with van der Waals surface area (Å²) < 4.78 is 5.17. The van der Waals surface area contributed by atoms with Gasteiger partial charge in [-0.25, -0.2) is 0 Å². The number of hydrogen-bond acceptors (Lipinski definition) is 5. The lowest BCUT2D eigenvalue weighted by Gasteiger charge is -2.26. The minimum absolute atomic E-state index is 0.00880. The summed E-state index contributed by atoms with van der Waals surface area (Å²) in [4.78, 5) is 6.30. The first-order valence-corrected chi connectivity index (χ1v) is 6.71. The molecule has 0 amide bonds. The zero-order valence-electron chi connectivity index (χ0n) is 11.7. The van der Waals surface area contributed by atoms with Crippen LogP contribution in [0.1, 0.15) is 11.6 Å². The van der Waals surface area contributed by atoms with E-state index in [9.17, 15) is 5.11 Å². The van der Waals surface area contributed by atoms with Gasteiger partial charge in [-0.2, -0.15) is 0 Å². The van der Waals surface area contributed by atoms with Gasteiger partial charge in [0.15, 0.2) is 5.96 Å². The fourth-order valence-electron chi connectivity index (χ4n) is 2.54. The number of nitrogens with zero attached hydrogens (tertiary/aromatic N) is 2. The van der Waals surface area contributed by atoms with Gasteiger partial charge in [-0.3, -0.25) is 4.99 Å². The van der Waals surface area contributed by atoms with E-state index < -0.39 is 0 Å². The smallest absolute Gasteiger partial charge is 0.196 e. The minimum atomic E-state index is -0.00880. The lowest BCUT2D eigenvalue weighted by molar-refractivity contribution is 0.415. The number of guanidine groups is 1. The molecular formula is C16H17N3O2. The predicted molar refractivity (Wildman–Crippen MR) is 82.8 cm³/mol. The van der Waals surface area contributed by atoms with Crippen LogP contribution in [0.15, 0.2) is 53.5 Å². The molecule has 5 heteroatoms. The molecule has 108 valence electrons. The number of phenols is 1. The maximum Gasteiger partial charge on any atom is 0.196 e. The third-order valence-corrected chi connectivity index (χ3v) is 3.59. The van der Waals surface area contributed by atoms with Crippen molar-refractivity contribution >= 4 is 11.6 Å². The van der Waals surface area contributed by atoms with Crippen LogP contribution in [0.5, 0.6) is 11.5 Å². The Morgan fingerprint density at radius 2 is 2.00 bits per heavy atom. The molecule has 2 aromatic rings. The van der Waals surface area contributed by atoms with Crippen molar-refractivity contribution in [1.82, 2.24) is 0 Å². The van der Waals surface area contributed by atoms with Crippen LogP contribution in [-0.2, 0) is 0 Å². The first kappa shape index (κ1) is 13.3. The van der Waals surface area contributed by atoms with E-state index in [1.807, 2.05) is 41.3 Å². The molecule has 0 radical (unpaired) electrons. The van der Waals surface area contributed by atoms with Gasteiger partial charge in [0, 0.05) is 5.69 Å². The number of nitrogens with two attached hydrogens (primary N) is 1. The van der Waals surface area contributed by atoms with E-state index in [-0.39, 0.29) is 11.8 Å². The number of anilines is 1. The standard InChI is InChI=1S/C16H17N3O2/c1-21-14-7-5-12(6-8-14)19-15(10-18-16(19)17)11-3-2-4-13(20)9-11/h2-9,15,20H,10H2,1H3,(H2,17,18). The third-order valence-electron chi connectivity index (χ3n) is 3.59. The molecule has 0 spiro atoms. The van der Waals surface area contributed by atoms with Gasteiger partial charge < -0.3 is 20.5 Å². The minimum Gasteiger partial charge on any atom is -0.508 e. The summed E-state index contributed by atoms with van der Waals surface area (Å²) in [5.74, 6) is 1.52. The van der Waals surface area contributed by atoms with Gasteiger partial charge in [0.05, 0.1) is 19.7 Å². The van der Waals surface area contributed by atoms with Crippen LogP contribution in [0.3, 0.4) is 0 Å². The Hall–Kier alpha value is -2.69. The number of aliphatic imine (C=N–C) groups is 1. The molecule has 3 rings (SSSR count). The second kappa shape index (κ2) is 5.36. The lowest BCUT2D eigenvalue weighted by atomic mass is 10.1. The highest BCUT2D eigenvalue weighted by atomic mass is 16.5. The molecule has 0 saturated heterocycles. The van der Waals surface area contributed by atoms with Gasteiger partial charge in [0.2, 0.25) is 0 Å². The van der Waals surface area contributed by atoms with Crippen molar-refractivity contribution in [2.24, 2.45) is 10.7 Å². The van der Waals surface area contributed by atoms with Gasteiger partial charge in [0.1, 0.15) is 11.5 Å². The van der Waals surface area contributed by atoms with Gasteiger partial charge in [-0.15, -0.1) is 0 Å². The molecule has 3 N–H and O–H groups in total. The van der Waals surface area contributed by atoms with Crippen molar-refractivity contribution in [2.75, 3.05) is 18.6 Å². The number of hydrogen-bond donors (Lipinski definition) is 2. The van der Waals surface area contributed by atoms with Crippen LogP contribution in [0.25, 0.3) is 0 Å². The van der Waals surface area contributed by atoms with Crippen molar-refractivity contribution in [3.63, 3.8) is 0 Å². The summed E-state index contributed by atoms with van der Waals surface area (Å²) in [6.07, 6.45) is 0. The molecule has 1 atom stereocenters. The summed E-state index contributed by atoms with van der Waals surface area (Å²) in [6, 6.07) is 14.9. The molecule has 0 fully saturated rings. The number of rotatable bonds is 3. The zero-order chi connectivity index (χ0) is 14.8. The molecule has 0 aromatic heterocycles. The second-order valence-electron chi connectivity index (χ2n) is 4.88. The van der Waals surface area contributed by atoms with Crippen molar-refractivity contribution in [1.29, 1.82) is 0 Å². The molecule has 5 nitrogen and oxygen atoms in total. The molecule has 0 bridgehead atoms. The number of ether oxygens (including phenoxy) is 1. The molecule has 0 saturated carbocycles. The van der Waals surface area contributed by atoms with E-state index in [0.717, 1.165) is 17.0 Å². The van der Waals surface area contributed by atoms with Crippen LogP contribution < -0.4 is 15.4 Å². The summed E-state index contributed by atoms with van der Waals surface area (Å²) in [7, 11) is 1.64. The van der Waals surface area contributed by atoms with Crippen LogP contribution in [-0.4, -0.2) is 24.7 Å². The topological polar surface area (TPSA) is 71.1 Å². The predicted octanol–water partition coefficient (Wildman–Crippen LogP) is 2.28. The Balaban J connectivity index is 1.95. The second-order valence-corrected chi connectivity index (χ2v) is 4.88. The highest BCUT2D eigenvalue weighted by Gasteiger charge is 2.28. The van der Waals surface area contributed by atoms with Crippen LogP contribution in [0, 0.1) is 0 Å². The van der Waals surface area contributed by atoms with E-state index in [4.69, 9.17) is 10.5 Å². The fraction of sp³-hybridized carbons (Fsp3) is 0.188. The summed E-state index contributed by atoms with van der Waals surface area (Å²) in [5, 5.41) is 9.66. The van der Waals surface area contributed by atoms with Crippen molar-refractivity contribution in [3.05, 3.63) is 54.1 Å². The van der Waals surface area contributed by atoms with Crippen LogP contribution in [0.4, 0.5) is 5.69 Å². The Morgan fingerprint density at radius 1 is 1.24 bits per heavy atom. The quantitative estimate of drug-likeness (QED) is 0.906. The highest BCUT2D eigenvalue weighted by Crippen LogP contribution is 2.33. The SMILES string of the molecule is COc1ccc(N2C(N)=NCC2c2cccc(O)c2)cc1. The Bertz CT molecular complexity index is 667. The fourth-order valence-corrected chi connectivity index (χ4v) is 2.54. The average molecular weight is 283 g/mol. The molecule has 0 aliphatic carbocycles. The van der Waals surface area contributed by atoms with E-state index in [1.54, 1.807) is 19.2 Å². The van der Waals surface area contributed by atoms with Gasteiger partial charge in [-0.05, 0) is 42.0 Å². The van der Waals surface area contributed by atoms with E-state index in [1.165, 1.54) is 0 Å². The summed E-state index contributed by atoms with van der Waals surface area (Å²) >= 11 is 0. The molecule has 1 aliphatic rings. The van der Waals surface area contributed by atoms with Crippen molar-refractivity contribution in [2.45, 2.75) is 6.04 Å². The van der Waals surface area contributed by atoms with E-state index >= 15 is 0 Å².